The molecule has 1 saturated carbocycles. The first kappa shape index (κ1) is 10.0. The second-order valence-corrected chi connectivity index (χ2v) is 4.33. The number of carbonyl (C=O) groups is 1. The SMILES string of the molecule is Nc1ccc(C2(CC(=O)O)CCC2)cc1. The molecule has 0 bridgehead atoms. The Bertz CT molecular complexity index is 366. The number of nitrogens with two attached hydrogens (primary N) is 1. The molecule has 1 fully saturated rings. The molecule has 80 valence electrons. The average Bonchev–Trinajstić information content (AvgIpc) is 2.13. The van der Waals surface area contributed by atoms with Gasteiger partial charge in [0.1, 0.15) is 0 Å². The van der Waals surface area contributed by atoms with Crippen LogP contribution in [0.3, 0.4) is 0 Å². The first-order valence-electron chi connectivity index (χ1n) is 5.20. The van der Waals surface area contributed by atoms with Crippen molar-refractivity contribution < 1.29 is 9.90 Å². The maximum Gasteiger partial charge on any atom is 0.304 e. The Morgan fingerprint density at radius 2 is 1.93 bits per heavy atom. The molecule has 15 heavy (non-hydrogen) atoms. The van der Waals surface area contributed by atoms with E-state index in [1.807, 2.05) is 24.3 Å². The Kier molecular flexibility index (Phi) is 2.39. The van der Waals surface area contributed by atoms with Crippen molar-refractivity contribution in [2.45, 2.75) is 31.1 Å². The van der Waals surface area contributed by atoms with Crippen molar-refractivity contribution in [3.8, 4) is 0 Å². The molecule has 1 aromatic carbocycles. The van der Waals surface area contributed by atoms with Crippen LogP contribution in [0.15, 0.2) is 24.3 Å². The third kappa shape index (κ3) is 1.82. The maximum absolute atomic E-state index is 10.8. The fourth-order valence-electron chi connectivity index (χ4n) is 2.30. The summed E-state index contributed by atoms with van der Waals surface area (Å²) in [6.45, 7) is 0. The van der Waals surface area contributed by atoms with Gasteiger partial charge in [-0.3, -0.25) is 4.79 Å². The molecular formula is C12H15NO2. The Labute approximate surface area is 88.9 Å². The quantitative estimate of drug-likeness (QED) is 0.743. The third-order valence-electron chi connectivity index (χ3n) is 3.32. The molecule has 0 radical (unpaired) electrons. The molecule has 1 aromatic rings. The average molecular weight is 205 g/mol. The van der Waals surface area contributed by atoms with Crippen molar-refractivity contribution >= 4 is 11.7 Å². The second-order valence-electron chi connectivity index (χ2n) is 4.33. The number of anilines is 1. The van der Waals surface area contributed by atoms with Crippen molar-refractivity contribution in [3.05, 3.63) is 29.8 Å². The highest BCUT2D eigenvalue weighted by Crippen LogP contribution is 2.46. The molecule has 1 aliphatic rings. The van der Waals surface area contributed by atoms with Crippen LogP contribution in [0.4, 0.5) is 5.69 Å². The van der Waals surface area contributed by atoms with E-state index in [1.165, 1.54) is 0 Å². The van der Waals surface area contributed by atoms with Crippen LogP contribution in [0.1, 0.15) is 31.2 Å². The van der Waals surface area contributed by atoms with Gasteiger partial charge in [0, 0.05) is 11.1 Å². The Morgan fingerprint density at radius 3 is 2.33 bits per heavy atom. The largest absolute Gasteiger partial charge is 0.481 e. The van der Waals surface area contributed by atoms with E-state index in [4.69, 9.17) is 10.8 Å². The molecule has 0 heterocycles. The molecule has 1 aliphatic carbocycles. The van der Waals surface area contributed by atoms with Crippen LogP contribution in [-0.2, 0) is 10.2 Å². The van der Waals surface area contributed by atoms with Gasteiger partial charge < -0.3 is 10.8 Å². The van der Waals surface area contributed by atoms with Crippen molar-refractivity contribution in [3.63, 3.8) is 0 Å². The zero-order valence-corrected chi connectivity index (χ0v) is 8.57. The number of hydrogen-bond acceptors (Lipinski definition) is 2. The van der Waals surface area contributed by atoms with Gasteiger partial charge >= 0.3 is 5.97 Å². The summed E-state index contributed by atoms with van der Waals surface area (Å²) >= 11 is 0. The topological polar surface area (TPSA) is 63.3 Å². The summed E-state index contributed by atoms with van der Waals surface area (Å²) in [6, 6.07) is 7.60. The van der Waals surface area contributed by atoms with Crippen LogP contribution in [0.25, 0.3) is 0 Å². The van der Waals surface area contributed by atoms with Gasteiger partial charge in [0.2, 0.25) is 0 Å². The van der Waals surface area contributed by atoms with Gasteiger partial charge in [-0.1, -0.05) is 18.6 Å². The number of rotatable bonds is 3. The number of nitrogen functional groups attached to an aromatic ring is 1. The summed E-state index contributed by atoms with van der Waals surface area (Å²) in [6.07, 6.45) is 3.31. The molecule has 3 nitrogen and oxygen atoms in total. The van der Waals surface area contributed by atoms with E-state index in [1.54, 1.807) is 0 Å². The lowest BCUT2D eigenvalue weighted by Gasteiger charge is -2.41. The van der Waals surface area contributed by atoms with Gasteiger partial charge in [0.25, 0.3) is 0 Å². The van der Waals surface area contributed by atoms with Gasteiger partial charge in [-0.25, -0.2) is 0 Å². The summed E-state index contributed by atoms with van der Waals surface area (Å²) in [4.78, 5) is 10.8. The summed E-state index contributed by atoms with van der Waals surface area (Å²) in [5, 5.41) is 8.91. The lowest BCUT2D eigenvalue weighted by Crippen LogP contribution is -2.36. The normalized spacial score (nSPS) is 18.1. The highest BCUT2D eigenvalue weighted by molar-refractivity contribution is 5.69. The number of carboxylic acids is 1. The molecule has 0 saturated heterocycles. The summed E-state index contributed by atoms with van der Waals surface area (Å²) in [5.41, 5.74) is 7.33. The molecule has 2 rings (SSSR count). The number of benzene rings is 1. The van der Waals surface area contributed by atoms with Crippen LogP contribution in [-0.4, -0.2) is 11.1 Å². The van der Waals surface area contributed by atoms with Crippen LogP contribution in [0, 0.1) is 0 Å². The van der Waals surface area contributed by atoms with Gasteiger partial charge in [-0.15, -0.1) is 0 Å². The fraction of sp³-hybridized carbons (Fsp3) is 0.417. The van der Waals surface area contributed by atoms with Crippen molar-refractivity contribution in [1.82, 2.24) is 0 Å². The predicted molar refractivity (Wildman–Crippen MR) is 58.6 cm³/mol. The van der Waals surface area contributed by atoms with E-state index in [-0.39, 0.29) is 11.8 Å². The van der Waals surface area contributed by atoms with Gasteiger partial charge in [0.15, 0.2) is 0 Å². The minimum Gasteiger partial charge on any atom is -0.481 e. The van der Waals surface area contributed by atoms with Crippen molar-refractivity contribution in [2.24, 2.45) is 0 Å². The fourth-order valence-corrected chi connectivity index (χ4v) is 2.30. The number of hydrogen-bond donors (Lipinski definition) is 2. The first-order valence-corrected chi connectivity index (χ1v) is 5.20. The minimum absolute atomic E-state index is 0.125. The van der Waals surface area contributed by atoms with Gasteiger partial charge in [0.05, 0.1) is 6.42 Å². The molecule has 3 N–H and O–H groups in total. The predicted octanol–water partition coefficient (Wildman–Crippen LogP) is 2.17. The molecule has 0 spiro atoms. The van der Waals surface area contributed by atoms with E-state index in [2.05, 4.69) is 0 Å². The van der Waals surface area contributed by atoms with E-state index < -0.39 is 5.97 Å². The molecule has 0 aliphatic heterocycles. The van der Waals surface area contributed by atoms with Crippen molar-refractivity contribution in [2.75, 3.05) is 5.73 Å². The molecule has 0 amide bonds. The molecular weight excluding hydrogens is 190 g/mol. The van der Waals surface area contributed by atoms with Crippen LogP contribution in [0.5, 0.6) is 0 Å². The van der Waals surface area contributed by atoms with Crippen molar-refractivity contribution in [1.29, 1.82) is 0 Å². The first-order chi connectivity index (χ1) is 7.12. The highest BCUT2D eigenvalue weighted by atomic mass is 16.4. The minimum atomic E-state index is -0.716. The van der Waals surface area contributed by atoms with Gasteiger partial charge in [-0.05, 0) is 30.5 Å². The van der Waals surface area contributed by atoms with E-state index in [0.29, 0.717) is 0 Å². The molecule has 3 heteroatoms. The van der Waals surface area contributed by atoms with E-state index in [0.717, 1.165) is 30.5 Å². The lowest BCUT2D eigenvalue weighted by molar-refractivity contribution is -0.139. The highest BCUT2D eigenvalue weighted by Gasteiger charge is 2.40. The molecule has 0 atom stereocenters. The number of carboxylic acid groups (broad SMARTS) is 1. The zero-order chi connectivity index (χ0) is 10.9. The summed E-state index contributed by atoms with van der Waals surface area (Å²) in [5.74, 6) is -0.716. The zero-order valence-electron chi connectivity index (χ0n) is 8.57. The van der Waals surface area contributed by atoms with Crippen LogP contribution >= 0.6 is 0 Å². The standard InChI is InChI=1S/C12H15NO2/c13-10-4-2-9(3-5-10)12(6-1-7-12)8-11(14)15/h2-5H,1,6-8,13H2,(H,14,15). The van der Waals surface area contributed by atoms with Crippen LogP contribution in [0.2, 0.25) is 0 Å². The van der Waals surface area contributed by atoms with Gasteiger partial charge in [-0.2, -0.15) is 0 Å². The molecule has 0 unspecified atom stereocenters. The Hall–Kier alpha value is -1.51. The second kappa shape index (κ2) is 3.57. The Morgan fingerprint density at radius 1 is 1.33 bits per heavy atom. The summed E-state index contributed by atoms with van der Waals surface area (Å²) < 4.78 is 0. The third-order valence-corrected chi connectivity index (χ3v) is 3.32. The maximum atomic E-state index is 10.8. The summed E-state index contributed by atoms with van der Waals surface area (Å²) in [7, 11) is 0. The van der Waals surface area contributed by atoms with Crippen LogP contribution < -0.4 is 5.73 Å². The molecule has 0 aromatic heterocycles. The monoisotopic (exact) mass is 205 g/mol. The smallest absolute Gasteiger partial charge is 0.304 e. The lowest BCUT2D eigenvalue weighted by atomic mass is 9.62. The number of aliphatic carboxylic acids is 1. The van der Waals surface area contributed by atoms with E-state index >= 15 is 0 Å². The Balaban J connectivity index is 2.26. The van der Waals surface area contributed by atoms with E-state index in [9.17, 15) is 4.79 Å².